The zero-order chi connectivity index (χ0) is 49.7. The lowest BCUT2D eigenvalue weighted by Gasteiger charge is -2.34. The Bertz CT molecular complexity index is 4190. The van der Waals surface area contributed by atoms with E-state index in [4.69, 9.17) is 0 Å². The first kappa shape index (κ1) is 44.0. The molecule has 0 bridgehead atoms. The van der Waals surface area contributed by atoms with Crippen LogP contribution in [0, 0.1) is 0 Å². The summed E-state index contributed by atoms with van der Waals surface area (Å²) in [5.74, 6) is 0. The number of fused-ring (bicyclic) bond motifs is 10. The molecule has 0 aromatic heterocycles. The van der Waals surface area contributed by atoms with Gasteiger partial charge in [-0.15, -0.1) is 0 Å². The predicted molar refractivity (Wildman–Crippen MR) is 316 cm³/mol. The van der Waals surface area contributed by atoms with E-state index in [0.29, 0.717) is 0 Å². The van der Waals surface area contributed by atoms with Crippen LogP contribution in [-0.2, 0) is 10.8 Å². The highest BCUT2D eigenvalue weighted by molar-refractivity contribution is 5.95. The Morgan fingerprint density at radius 3 is 1.24 bits per heavy atom. The summed E-state index contributed by atoms with van der Waals surface area (Å²) < 4.78 is 0. The molecule has 0 heterocycles. The molecule has 3 aliphatic rings. The van der Waals surface area contributed by atoms with Gasteiger partial charge in [0.25, 0.3) is 0 Å². The number of anilines is 5. The number of hydrogen-bond acceptors (Lipinski definition) is 2. The summed E-state index contributed by atoms with van der Waals surface area (Å²) >= 11 is 0. The van der Waals surface area contributed by atoms with Crippen LogP contribution in [0.15, 0.2) is 224 Å². The topological polar surface area (TPSA) is 6.48 Å². The summed E-state index contributed by atoms with van der Waals surface area (Å²) in [6.45, 7) is 9.59. The Labute approximate surface area is 434 Å². The lowest BCUT2D eigenvalue weighted by Crippen LogP contribution is -2.37. The van der Waals surface area contributed by atoms with E-state index in [2.05, 4.69) is 286 Å². The van der Waals surface area contributed by atoms with E-state index in [9.17, 15) is 0 Å². The molecule has 0 saturated carbocycles. The lowest BCUT2D eigenvalue weighted by molar-refractivity contribution is 0.659. The van der Waals surface area contributed by atoms with Crippen molar-refractivity contribution < 1.29 is 0 Å². The minimum atomic E-state index is -0.202. The van der Waals surface area contributed by atoms with Crippen molar-refractivity contribution in [3.05, 3.63) is 268 Å². The minimum Gasteiger partial charge on any atom is -0.334 e. The Morgan fingerprint density at radius 2 is 0.716 bits per heavy atom. The molecule has 2 nitrogen and oxygen atoms in total. The molecule has 0 fully saturated rings. The van der Waals surface area contributed by atoms with Gasteiger partial charge in [0.05, 0.1) is 6.04 Å². The quantitative estimate of drug-likeness (QED) is 0.140. The van der Waals surface area contributed by atoms with Gasteiger partial charge in [0.15, 0.2) is 0 Å². The number of nitrogens with zero attached hydrogens (tertiary/aromatic N) is 2. The second kappa shape index (κ2) is 16.9. The third-order valence-electron chi connectivity index (χ3n) is 16.6. The Morgan fingerprint density at radius 1 is 0.351 bits per heavy atom. The summed E-state index contributed by atoms with van der Waals surface area (Å²) in [6.07, 6.45) is 10.4. The summed E-state index contributed by atoms with van der Waals surface area (Å²) in [6, 6.07) is 84.0. The van der Waals surface area contributed by atoms with Crippen molar-refractivity contribution >= 4 is 85.1 Å². The van der Waals surface area contributed by atoms with Gasteiger partial charge in [-0.1, -0.05) is 216 Å². The smallest absolute Gasteiger partial charge is 0.0566 e. The van der Waals surface area contributed by atoms with Crippen LogP contribution in [0.1, 0.15) is 67.5 Å². The average Bonchev–Trinajstić information content (AvgIpc) is 3.80. The van der Waals surface area contributed by atoms with E-state index in [1.54, 1.807) is 0 Å². The number of hydrogen-bond donors (Lipinski definition) is 0. The number of benzene rings is 11. The van der Waals surface area contributed by atoms with Crippen molar-refractivity contribution in [3.63, 3.8) is 0 Å². The monoisotopic (exact) mass is 948 g/mol. The van der Waals surface area contributed by atoms with Crippen LogP contribution < -0.4 is 20.2 Å². The Hall–Kier alpha value is -8.72. The fraction of sp³-hybridized carbons (Fsp3) is 0.111. The van der Waals surface area contributed by atoms with Gasteiger partial charge < -0.3 is 9.80 Å². The van der Waals surface area contributed by atoms with Gasteiger partial charge in [0.1, 0.15) is 0 Å². The second-order valence-electron chi connectivity index (χ2n) is 21.8. The predicted octanol–water partition coefficient (Wildman–Crippen LogP) is 17.6. The van der Waals surface area contributed by atoms with Crippen molar-refractivity contribution in [1.82, 2.24) is 0 Å². The van der Waals surface area contributed by atoms with Crippen LogP contribution in [0.25, 0.3) is 78.9 Å². The normalized spacial score (nSPS) is 15.5. The maximum atomic E-state index is 2.56. The molecule has 3 aliphatic carbocycles. The van der Waals surface area contributed by atoms with E-state index in [0.717, 1.165) is 23.5 Å². The molecule has 2 heteroatoms. The maximum absolute atomic E-state index is 2.56. The fourth-order valence-corrected chi connectivity index (χ4v) is 12.7. The highest BCUT2D eigenvalue weighted by atomic mass is 15.2. The summed E-state index contributed by atoms with van der Waals surface area (Å²) in [5, 5.41) is 10.1. The van der Waals surface area contributed by atoms with E-state index in [1.165, 1.54) is 110 Å². The molecule has 11 aromatic rings. The van der Waals surface area contributed by atoms with Crippen LogP contribution in [0.4, 0.5) is 28.4 Å². The molecule has 1 unspecified atom stereocenters. The number of rotatable bonds is 8. The van der Waals surface area contributed by atoms with Crippen molar-refractivity contribution in [2.24, 2.45) is 0 Å². The highest BCUT2D eigenvalue weighted by Crippen LogP contribution is 2.53. The van der Waals surface area contributed by atoms with Crippen LogP contribution >= 0.6 is 0 Å². The first-order chi connectivity index (χ1) is 36.1. The Balaban J connectivity index is 0.770. The molecule has 11 aromatic carbocycles. The van der Waals surface area contributed by atoms with E-state index in [-0.39, 0.29) is 16.9 Å². The molecule has 14 rings (SSSR count). The van der Waals surface area contributed by atoms with E-state index >= 15 is 0 Å². The molecule has 74 heavy (non-hydrogen) atoms. The molecule has 1 atom stereocenters. The third kappa shape index (κ3) is 7.23. The third-order valence-corrected chi connectivity index (χ3v) is 16.6. The van der Waals surface area contributed by atoms with Gasteiger partial charge in [0.2, 0.25) is 0 Å². The largest absolute Gasteiger partial charge is 0.334 e. The molecule has 0 amide bonds. The standard InChI is InChI=1S/C72H56N2/c1-71(2)67-39-47(23-35-63(67)65-37-33-61(45-69(65)71)73(57-29-25-49-13-5-9-17-53(49)41-57)58-30-26-50-14-6-10-18-54(50)42-58)21-22-48-24-36-64-66-38-34-62(46-70(66)72(3,4)68(64)40-48)74(59-31-27-51-15-7-11-19-55(51)43-59)60-32-28-52-16-8-12-20-56(52)44-60/h5-31,33-46,60H,32H2,1-4H3/b22-21+. The average molecular weight is 949 g/mol. The van der Waals surface area contributed by atoms with Gasteiger partial charge in [-0.25, -0.2) is 0 Å². The molecule has 0 spiro atoms. The van der Waals surface area contributed by atoms with Crippen molar-refractivity contribution in [3.8, 4) is 22.3 Å². The van der Waals surface area contributed by atoms with E-state index < -0.39 is 0 Å². The summed E-state index contributed by atoms with van der Waals surface area (Å²) in [5.41, 5.74) is 18.7. The van der Waals surface area contributed by atoms with Gasteiger partial charge >= 0.3 is 0 Å². The minimum absolute atomic E-state index is 0.177. The molecule has 0 saturated heterocycles. The van der Waals surface area contributed by atoms with Crippen LogP contribution in [0.3, 0.4) is 0 Å². The maximum Gasteiger partial charge on any atom is 0.0566 e. The van der Waals surface area contributed by atoms with Gasteiger partial charge in [-0.3, -0.25) is 0 Å². The molecular weight excluding hydrogens is 893 g/mol. The lowest BCUT2D eigenvalue weighted by atomic mass is 9.81. The van der Waals surface area contributed by atoms with Crippen LogP contribution in [-0.4, -0.2) is 6.04 Å². The van der Waals surface area contributed by atoms with Gasteiger partial charge in [-0.05, 0) is 165 Å². The van der Waals surface area contributed by atoms with Crippen molar-refractivity contribution in [1.29, 1.82) is 0 Å². The molecule has 0 radical (unpaired) electrons. The van der Waals surface area contributed by atoms with Crippen LogP contribution in [0.2, 0.25) is 0 Å². The fourth-order valence-electron chi connectivity index (χ4n) is 12.7. The van der Waals surface area contributed by atoms with Gasteiger partial charge in [0, 0.05) is 39.3 Å². The first-order valence-corrected chi connectivity index (χ1v) is 26.2. The zero-order valence-electron chi connectivity index (χ0n) is 42.4. The summed E-state index contributed by atoms with van der Waals surface area (Å²) in [4.78, 5) is 4.99. The van der Waals surface area contributed by atoms with Gasteiger partial charge in [-0.2, -0.15) is 0 Å². The van der Waals surface area contributed by atoms with Crippen molar-refractivity contribution in [2.75, 3.05) is 9.80 Å². The Kier molecular flexibility index (Phi) is 10.1. The molecule has 354 valence electrons. The second-order valence-corrected chi connectivity index (χ2v) is 21.8. The molecule has 0 N–H and O–H groups in total. The van der Waals surface area contributed by atoms with Crippen molar-refractivity contribution in [2.45, 2.75) is 51.0 Å². The SMILES string of the molecule is CC1(C)c2cc(/C=C/c3ccc4c(c3)C(C)(C)c3cc(N(c5ccc6ccccc6c5)C5C=c6ccccc6=CC5)ccc3-4)ccc2-c2ccc(N(c3ccc4ccccc4c3)c3ccc4ccccc4c3)cc21. The zero-order valence-corrected chi connectivity index (χ0v) is 42.4. The molecular formula is C72H56N2. The first-order valence-electron chi connectivity index (χ1n) is 26.2. The van der Waals surface area contributed by atoms with Crippen LogP contribution in [0.5, 0.6) is 0 Å². The molecule has 0 aliphatic heterocycles. The highest BCUT2D eigenvalue weighted by Gasteiger charge is 2.38. The summed E-state index contributed by atoms with van der Waals surface area (Å²) in [7, 11) is 0. The van der Waals surface area contributed by atoms with E-state index in [1.807, 2.05) is 0 Å².